The van der Waals surface area contributed by atoms with Crippen LogP contribution in [0.3, 0.4) is 0 Å². The number of nitrogens with one attached hydrogen (secondary N) is 2. The van der Waals surface area contributed by atoms with Crippen LogP contribution in [0.2, 0.25) is 0 Å². The minimum atomic E-state index is 0.607. The summed E-state index contributed by atoms with van der Waals surface area (Å²) in [4.78, 5) is 7.34. The first-order chi connectivity index (χ1) is 10.4. The van der Waals surface area contributed by atoms with Gasteiger partial charge in [0.15, 0.2) is 0 Å². The van der Waals surface area contributed by atoms with Crippen LogP contribution in [-0.4, -0.2) is 40.9 Å². The van der Waals surface area contributed by atoms with Crippen molar-refractivity contribution in [1.29, 1.82) is 0 Å². The molecule has 2 N–H and O–H groups in total. The molecule has 21 heavy (non-hydrogen) atoms. The standard InChI is InChI=1S/C16H27N5/c1-2-4-7-12(6-3-1)15-18-16(20-19-15)21-9-5-8-13-10-17-11-14(13)21/h12-14,17H,1-11H2,(H,18,19,20). The number of fused-ring (bicyclic) bond motifs is 1. The molecule has 2 unspecified atom stereocenters. The Bertz CT molecular complexity index is 463. The van der Waals surface area contributed by atoms with Crippen molar-refractivity contribution < 1.29 is 0 Å². The molecule has 1 saturated carbocycles. The maximum Gasteiger partial charge on any atom is 0.245 e. The van der Waals surface area contributed by atoms with Crippen molar-refractivity contribution in [3.05, 3.63) is 5.82 Å². The topological polar surface area (TPSA) is 56.8 Å². The van der Waals surface area contributed by atoms with Gasteiger partial charge in [0.1, 0.15) is 5.82 Å². The molecule has 1 aromatic heterocycles. The Morgan fingerprint density at radius 3 is 2.67 bits per heavy atom. The molecule has 5 nitrogen and oxygen atoms in total. The number of hydrogen-bond acceptors (Lipinski definition) is 4. The predicted molar refractivity (Wildman–Crippen MR) is 83.6 cm³/mol. The Morgan fingerprint density at radius 1 is 0.952 bits per heavy atom. The van der Waals surface area contributed by atoms with Gasteiger partial charge < -0.3 is 10.2 Å². The van der Waals surface area contributed by atoms with E-state index in [9.17, 15) is 0 Å². The summed E-state index contributed by atoms with van der Waals surface area (Å²) in [6, 6.07) is 0.608. The lowest BCUT2D eigenvalue weighted by atomic mass is 9.92. The largest absolute Gasteiger partial charge is 0.335 e. The molecule has 3 aliphatic rings. The minimum Gasteiger partial charge on any atom is -0.335 e. The van der Waals surface area contributed by atoms with Gasteiger partial charge in [-0.25, -0.2) is 0 Å². The summed E-state index contributed by atoms with van der Waals surface area (Å²) in [7, 11) is 0. The van der Waals surface area contributed by atoms with E-state index in [0.29, 0.717) is 12.0 Å². The summed E-state index contributed by atoms with van der Waals surface area (Å²) >= 11 is 0. The van der Waals surface area contributed by atoms with Gasteiger partial charge in [-0.1, -0.05) is 25.7 Å². The molecule has 1 aromatic rings. The van der Waals surface area contributed by atoms with Crippen LogP contribution in [0.25, 0.3) is 0 Å². The lowest BCUT2D eigenvalue weighted by Gasteiger charge is -2.36. The molecule has 0 bridgehead atoms. The van der Waals surface area contributed by atoms with E-state index in [4.69, 9.17) is 4.98 Å². The van der Waals surface area contributed by atoms with Crippen LogP contribution in [0.4, 0.5) is 5.95 Å². The van der Waals surface area contributed by atoms with Crippen LogP contribution in [0.15, 0.2) is 0 Å². The van der Waals surface area contributed by atoms with Crippen molar-refractivity contribution in [2.24, 2.45) is 5.92 Å². The number of aromatic nitrogens is 3. The van der Waals surface area contributed by atoms with E-state index in [2.05, 4.69) is 20.4 Å². The Hall–Kier alpha value is -1.10. The fourth-order valence-electron chi connectivity index (χ4n) is 4.45. The second kappa shape index (κ2) is 5.95. The summed E-state index contributed by atoms with van der Waals surface area (Å²) in [5, 5.41) is 11.4. The van der Waals surface area contributed by atoms with Crippen LogP contribution in [-0.2, 0) is 0 Å². The van der Waals surface area contributed by atoms with E-state index < -0.39 is 0 Å². The highest BCUT2D eigenvalue weighted by Gasteiger charge is 2.36. The van der Waals surface area contributed by atoms with Crippen molar-refractivity contribution >= 4 is 5.95 Å². The molecule has 3 fully saturated rings. The third kappa shape index (κ3) is 2.68. The average Bonchev–Trinajstić information content (AvgIpc) is 3.10. The van der Waals surface area contributed by atoms with Crippen LogP contribution in [0.1, 0.15) is 63.1 Å². The molecule has 3 heterocycles. The molecule has 0 radical (unpaired) electrons. The Kier molecular flexibility index (Phi) is 3.84. The van der Waals surface area contributed by atoms with Crippen molar-refractivity contribution in [2.45, 2.75) is 63.3 Å². The summed E-state index contributed by atoms with van der Waals surface area (Å²) in [5.74, 6) is 3.49. The average molecular weight is 289 g/mol. The highest BCUT2D eigenvalue weighted by Crippen LogP contribution is 2.32. The molecule has 0 spiro atoms. The maximum atomic E-state index is 4.89. The molecule has 1 aliphatic carbocycles. The van der Waals surface area contributed by atoms with Crippen molar-refractivity contribution in [2.75, 3.05) is 24.5 Å². The van der Waals surface area contributed by atoms with Crippen LogP contribution in [0, 0.1) is 5.92 Å². The Morgan fingerprint density at radius 2 is 1.81 bits per heavy atom. The minimum absolute atomic E-state index is 0.607. The predicted octanol–water partition coefficient (Wildman–Crippen LogP) is 2.43. The van der Waals surface area contributed by atoms with Gasteiger partial charge >= 0.3 is 0 Å². The second-order valence-corrected chi connectivity index (χ2v) is 7.03. The molecule has 4 rings (SSSR count). The van der Waals surface area contributed by atoms with Gasteiger partial charge in [-0.2, -0.15) is 4.98 Å². The van der Waals surface area contributed by atoms with Crippen LogP contribution >= 0.6 is 0 Å². The van der Waals surface area contributed by atoms with Gasteiger partial charge in [-0.05, 0) is 31.6 Å². The third-order valence-electron chi connectivity index (χ3n) is 5.67. The molecule has 5 heteroatoms. The molecular weight excluding hydrogens is 262 g/mol. The zero-order valence-corrected chi connectivity index (χ0v) is 12.9. The number of anilines is 1. The number of hydrogen-bond donors (Lipinski definition) is 2. The fourth-order valence-corrected chi connectivity index (χ4v) is 4.45. The molecule has 2 atom stereocenters. The molecular formula is C16H27N5. The first-order valence-corrected chi connectivity index (χ1v) is 8.81. The van der Waals surface area contributed by atoms with Crippen molar-refractivity contribution in [3.8, 4) is 0 Å². The maximum absolute atomic E-state index is 4.89. The van der Waals surface area contributed by atoms with Crippen molar-refractivity contribution in [1.82, 2.24) is 20.5 Å². The van der Waals surface area contributed by atoms with E-state index in [1.165, 1.54) is 57.9 Å². The lowest BCUT2D eigenvalue weighted by molar-refractivity contribution is 0.381. The molecule has 116 valence electrons. The van der Waals surface area contributed by atoms with Gasteiger partial charge in [-0.15, -0.1) is 5.10 Å². The lowest BCUT2D eigenvalue weighted by Crippen LogP contribution is -2.45. The number of rotatable bonds is 2. The van der Waals surface area contributed by atoms with Gasteiger partial charge in [-0.3, -0.25) is 5.10 Å². The summed E-state index contributed by atoms with van der Waals surface area (Å²) in [5.41, 5.74) is 0. The Balaban J connectivity index is 1.50. The van der Waals surface area contributed by atoms with Gasteiger partial charge in [0.25, 0.3) is 0 Å². The first-order valence-electron chi connectivity index (χ1n) is 8.81. The summed E-state index contributed by atoms with van der Waals surface area (Å²) < 4.78 is 0. The molecule has 0 aromatic carbocycles. The van der Waals surface area contributed by atoms with Gasteiger partial charge in [0.05, 0.1) is 0 Å². The van der Waals surface area contributed by atoms with Crippen LogP contribution < -0.4 is 10.2 Å². The molecule has 2 saturated heterocycles. The number of piperidine rings is 1. The fraction of sp³-hybridized carbons (Fsp3) is 0.875. The van der Waals surface area contributed by atoms with Gasteiger partial charge in [0.2, 0.25) is 5.95 Å². The van der Waals surface area contributed by atoms with Crippen LogP contribution in [0.5, 0.6) is 0 Å². The quantitative estimate of drug-likeness (QED) is 0.821. The zero-order valence-electron chi connectivity index (χ0n) is 12.9. The monoisotopic (exact) mass is 289 g/mol. The molecule has 2 aliphatic heterocycles. The Labute approximate surface area is 126 Å². The SMILES string of the molecule is C1CCCC(c2nc(N3CCCC4CNCC43)n[nH]2)CC1. The molecule has 0 amide bonds. The van der Waals surface area contributed by atoms with E-state index in [1.807, 2.05) is 0 Å². The van der Waals surface area contributed by atoms with Crippen molar-refractivity contribution in [3.63, 3.8) is 0 Å². The summed E-state index contributed by atoms with van der Waals surface area (Å²) in [6.07, 6.45) is 10.7. The van der Waals surface area contributed by atoms with E-state index in [-0.39, 0.29) is 0 Å². The zero-order chi connectivity index (χ0) is 14.1. The smallest absolute Gasteiger partial charge is 0.245 e. The van der Waals surface area contributed by atoms with E-state index in [1.54, 1.807) is 0 Å². The number of H-pyrrole nitrogens is 1. The highest BCUT2D eigenvalue weighted by atomic mass is 15.4. The normalized spacial score (nSPS) is 31.1. The van der Waals surface area contributed by atoms with E-state index in [0.717, 1.165) is 30.8 Å². The summed E-state index contributed by atoms with van der Waals surface area (Å²) in [6.45, 7) is 3.38. The number of aromatic amines is 1. The van der Waals surface area contributed by atoms with E-state index >= 15 is 0 Å². The van der Waals surface area contributed by atoms with Gasteiger partial charge in [0, 0.05) is 31.6 Å². The first kappa shape index (κ1) is 13.6. The number of nitrogens with zero attached hydrogens (tertiary/aromatic N) is 3. The highest BCUT2D eigenvalue weighted by molar-refractivity contribution is 5.33. The second-order valence-electron chi connectivity index (χ2n) is 7.03. The third-order valence-corrected chi connectivity index (χ3v) is 5.67.